The van der Waals surface area contributed by atoms with Crippen LogP contribution in [0.3, 0.4) is 0 Å². The number of benzene rings is 3. The Morgan fingerprint density at radius 1 is 0.903 bits per heavy atom. The lowest BCUT2D eigenvalue weighted by molar-refractivity contribution is 0.0918. The average Bonchev–Trinajstić information content (AvgIpc) is 3.22. The number of aromatic amines is 1. The van der Waals surface area contributed by atoms with E-state index in [9.17, 15) is 13.6 Å². The van der Waals surface area contributed by atoms with Gasteiger partial charge in [0.15, 0.2) is 12.4 Å². The fraction of sp³-hybridized carbons (Fsp3) is 0.0833. The molecule has 0 aliphatic heterocycles. The molecule has 0 saturated heterocycles. The predicted octanol–water partition coefficient (Wildman–Crippen LogP) is 6.01. The average molecular weight is 436 g/mol. The molecule has 0 atom stereocenters. The van der Waals surface area contributed by atoms with Crippen molar-refractivity contribution >= 4 is 17.5 Å². The largest absolute Gasteiger partial charge is 0.468 e. The number of ether oxygens (including phenoxy) is 1. The highest BCUT2D eigenvalue weighted by atomic mass is 32.2. The van der Waals surface area contributed by atoms with Gasteiger partial charge in [0.25, 0.3) is 0 Å². The highest BCUT2D eigenvalue weighted by Gasteiger charge is 2.19. The third-order valence-electron chi connectivity index (χ3n) is 4.75. The van der Waals surface area contributed by atoms with E-state index in [1.165, 1.54) is 36.4 Å². The Bertz CT molecular complexity index is 1190. The van der Waals surface area contributed by atoms with Crippen LogP contribution in [0, 0.1) is 11.6 Å². The molecule has 4 aromatic rings. The number of ketones is 1. The van der Waals surface area contributed by atoms with Crippen LogP contribution in [-0.2, 0) is 0 Å². The van der Waals surface area contributed by atoms with Crippen LogP contribution in [0.2, 0.25) is 0 Å². The maximum Gasteiger partial charge on any atom is 0.241 e. The summed E-state index contributed by atoms with van der Waals surface area (Å²) < 4.78 is 32.3. The summed E-state index contributed by atoms with van der Waals surface area (Å²) in [7, 11) is 0. The first-order valence-electron chi connectivity index (χ1n) is 9.45. The Labute approximate surface area is 182 Å². The molecule has 0 aliphatic rings. The summed E-state index contributed by atoms with van der Waals surface area (Å²) in [6.45, 7) is -0.255. The van der Waals surface area contributed by atoms with Crippen molar-refractivity contribution in [2.24, 2.45) is 0 Å². The first-order valence-corrected chi connectivity index (χ1v) is 10.7. The van der Waals surface area contributed by atoms with Crippen molar-refractivity contribution in [3.05, 3.63) is 90.0 Å². The number of aromatic nitrogens is 2. The molecule has 156 valence electrons. The lowest BCUT2D eigenvalue weighted by atomic mass is 10.0. The summed E-state index contributed by atoms with van der Waals surface area (Å²) in [6, 6.07) is 19.2. The van der Waals surface area contributed by atoms with Gasteiger partial charge < -0.3 is 4.74 Å². The standard InChI is InChI=1S/C24H18F2N2O2S/c1-31-20-12-6-16(7-13-20)22-23(17-4-10-19(26)11-5-17)27-28-24(22)30-14-21(29)15-2-8-18(25)9-3-15/h2-13H,14H2,1H3,(H,27,28). The third-order valence-corrected chi connectivity index (χ3v) is 5.49. The molecule has 1 heterocycles. The van der Waals surface area contributed by atoms with Gasteiger partial charge in [0.2, 0.25) is 5.88 Å². The maximum absolute atomic E-state index is 13.4. The van der Waals surface area contributed by atoms with Gasteiger partial charge in [-0.15, -0.1) is 16.9 Å². The van der Waals surface area contributed by atoms with Crippen molar-refractivity contribution in [1.82, 2.24) is 10.2 Å². The number of H-pyrrole nitrogens is 1. The Morgan fingerprint density at radius 2 is 1.48 bits per heavy atom. The van der Waals surface area contributed by atoms with Crippen LogP contribution in [0.1, 0.15) is 10.4 Å². The molecule has 0 saturated carbocycles. The smallest absolute Gasteiger partial charge is 0.241 e. The van der Waals surface area contributed by atoms with E-state index in [4.69, 9.17) is 4.74 Å². The fourth-order valence-corrected chi connectivity index (χ4v) is 3.54. The number of hydrogen-bond acceptors (Lipinski definition) is 4. The molecule has 0 bridgehead atoms. The zero-order valence-corrected chi connectivity index (χ0v) is 17.4. The molecule has 0 amide bonds. The number of Topliss-reactive ketones (excluding diaryl/α,β-unsaturated/α-hetero) is 1. The minimum absolute atomic E-state index is 0.255. The number of carbonyl (C=O) groups is 1. The van der Waals surface area contributed by atoms with E-state index < -0.39 is 5.82 Å². The summed E-state index contributed by atoms with van der Waals surface area (Å²) in [4.78, 5) is 13.5. The van der Waals surface area contributed by atoms with E-state index in [0.717, 1.165) is 16.0 Å². The molecule has 0 unspecified atom stereocenters. The number of hydrogen-bond donors (Lipinski definition) is 1. The van der Waals surface area contributed by atoms with Crippen LogP contribution in [0.25, 0.3) is 22.4 Å². The summed E-state index contributed by atoms with van der Waals surface area (Å²) in [6.07, 6.45) is 1.99. The van der Waals surface area contributed by atoms with Crippen LogP contribution in [-0.4, -0.2) is 28.8 Å². The Balaban J connectivity index is 1.67. The Kier molecular flexibility index (Phi) is 6.13. The highest BCUT2D eigenvalue weighted by molar-refractivity contribution is 7.98. The molecule has 4 rings (SSSR count). The van der Waals surface area contributed by atoms with E-state index in [0.29, 0.717) is 16.8 Å². The number of rotatable bonds is 7. The van der Waals surface area contributed by atoms with Gasteiger partial charge in [-0.25, -0.2) is 8.78 Å². The monoisotopic (exact) mass is 436 g/mol. The van der Waals surface area contributed by atoms with Gasteiger partial charge in [0.05, 0.1) is 11.3 Å². The lowest BCUT2D eigenvalue weighted by Gasteiger charge is -2.09. The molecule has 1 N–H and O–H groups in total. The van der Waals surface area contributed by atoms with Gasteiger partial charge in [-0.2, -0.15) is 0 Å². The second-order valence-corrected chi connectivity index (χ2v) is 7.61. The minimum atomic E-state index is -0.412. The topological polar surface area (TPSA) is 55.0 Å². The first-order chi connectivity index (χ1) is 15.0. The van der Waals surface area contributed by atoms with E-state index in [1.54, 1.807) is 23.9 Å². The SMILES string of the molecule is CSc1ccc(-c2c(OCC(=O)c3ccc(F)cc3)n[nH]c2-c2ccc(F)cc2)cc1. The Morgan fingerprint density at radius 3 is 2.10 bits per heavy atom. The fourth-order valence-electron chi connectivity index (χ4n) is 3.13. The molecule has 0 spiro atoms. The predicted molar refractivity (Wildman–Crippen MR) is 117 cm³/mol. The molecular formula is C24H18F2N2O2S. The highest BCUT2D eigenvalue weighted by Crippen LogP contribution is 2.38. The minimum Gasteiger partial charge on any atom is -0.468 e. The summed E-state index contributed by atoms with van der Waals surface area (Å²) in [5.74, 6) is -0.790. The molecule has 31 heavy (non-hydrogen) atoms. The van der Waals surface area contributed by atoms with E-state index in [2.05, 4.69) is 10.2 Å². The van der Waals surface area contributed by atoms with Gasteiger partial charge in [-0.1, -0.05) is 12.1 Å². The second-order valence-electron chi connectivity index (χ2n) is 6.73. The number of carbonyl (C=O) groups excluding carboxylic acids is 1. The number of halogens is 2. The van der Waals surface area contributed by atoms with E-state index in [1.807, 2.05) is 30.5 Å². The molecule has 0 aliphatic carbocycles. The van der Waals surface area contributed by atoms with Gasteiger partial charge in [0.1, 0.15) is 11.6 Å². The summed E-state index contributed by atoms with van der Waals surface area (Å²) in [5, 5.41) is 7.20. The molecular weight excluding hydrogens is 418 g/mol. The summed E-state index contributed by atoms with van der Waals surface area (Å²) in [5.41, 5.74) is 3.25. The van der Waals surface area contributed by atoms with Crippen molar-refractivity contribution in [2.75, 3.05) is 12.9 Å². The van der Waals surface area contributed by atoms with E-state index >= 15 is 0 Å². The second kappa shape index (κ2) is 9.14. The molecule has 7 heteroatoms. The van der Waals surface area contributed by atoms with Crippen molar-refractivity contribution in [1.29, 1.82) is 0 Å². The van der Waals surface area contributed by atoms with Crippen LogP contribution in [0.5, 0.6) is 5.88 Å². The first kappa shape index (κ1) is 20.8. The van der Waals surface area contributed by atoms with Crippen molar-refractivity contribution in [2.45, 2.75) is 4.90 Å². The van der Waals surface area contributed by atoms with Gasteiger partial charge >= 0.3 is 0 Å². The number of nitrogens with one attached hydrogen (secondary N) is 1. The van der Waals surface area contributed by atoms with Gasteiger partial charge in [0, 0.05) is 16.0 Å². The third kappa shape index (κ3) is 4.67. The number of thioether (sulfide) groups is 1. The molecule has 4 nitrogen and oxygen atoms in total. The molecule has 0 radical (unpaired) electrons. The van der Waals surface area contributed by atoms with Crippen molar-refractivity contribution in [3.63, 3.8) is 0 Å². The van der Waals surface area contributed by atoms with Crippen LogP contribution in [0.15, 0.2) is 77.7 Å². The normalized spacial score (nSPS) is 10.8. The van der Waals surface area contributed by atoms with Crippen molar-refractivity contribution in [3.8, 4) is 28.3 Å². The quantitative estimate of drug-likeness (QED) is 0.285. The van der Waals surface area contributed by atoms with E-state index in [-0.39, 0.29) is 24.1 Å². The maximum atomic E-state index is 13.4. The van der Waals surface area contributed by atoms with Crippen LogP contribution >= 0.6 is 11.8 Å². The van der Waals surface area contributed by atoms with Crippen molar-refractivity contribution < 1.29 is 18.3 Å². The Hall–Kier alpha value is -3.45. The number of nitrogens with zero attached hydrogens (tertiary/aromatic N) is 1. The molecule has 3 aromatic carbocycles. The zero-order valence-electron chi connectivity index (χ0n) is 16.6. The van der Waals surface area contributed by atoms with Crippen LogP contribution in [0.4, 0.5) is 8.78 Å². The van der Waals surface area contributed by atoms with Crippen LogP contribution < -0.4 is 4.74 Å². The lowest BCUT2D eigenvalue weighted by Crippen LogP contribution is -2.12. The van der Waals surface area contributed by atoms with Gasteiger partial charge in [-0.3, -0.25) is 9.89 Å². The zero-order chi connectivity index (χ0) is 21.8. The molecule has 0 fully saturated rings. The summed E-state index contributed by atoms with van der Waals surface area (Å²) >= 11 is 1.63. The van der Waals surface area contributed by atoms with Gasteiger partial charge in [-0.05, 0) is 72.5 Å². The molecule has 1 aromatic heterocycles.